The molecule has 0 bridgehead atoms. The average molecular weight is 380 g/mol. The fourth-order valence-electron chi connectivity index (χ4n) is 4.07. The smallest absolute Gasteiger partial charge is 0.316 e. The second-order valence-electron chi connectivity index (χ2n) is 7.24. The number of carbonyl (C=O) groups excluding carboxylic acids is 2. The molecule has 0 fully saturated rings. The molecule has 6 heteroatoms. The molecular formula is C22H21FN2O3. The largest absolute Gasteiger partial charge is 0.468 e. The molecule has 144 valence electrons. The molecule has 3 atom stereocenters. The monoisotopic (exact) mass is 380 g/mol. The van der Waals surface area contributed by atoms with Crippen molar-refractivity contribution in [3.63, 3.8) is 0 Å². The highest BCUT2D eigenvalue weighted by Gasteiger charge is 2.44. The highest BCUT2D eigenvalue weighted by molar-refractivity contribution is 6.11. The third kappa shape index (κ3) is 3.05. The van der Waals surface area contributed by atoms with Gasteiger partial charge in [-0.05, 0) is 42.2 Å². The van der Waals surface area contributed by atoms with E-state index < -0.39 is 17.9 Å². The van der Waals surface area contributed by atoms with Crippen molar-refractivity contribution in [2.24, 2.45) is 11.8 Å². The number of fused-ring (bicyclic) bond motifs is 1. The van der Waals surface area contributed by atoms with Crippen LogP contribution in [0.3, 0.4) is 0 Å². The van der Waals surface area contributed by atoms with Gasteiger partial charge in [-0.1, -0.05) is 31.2 Å². The van der Waals surface area contributed by atoms with E-state index in [-0.39, 0.29) is 17.5 Å². The number of Topliss-reactive ketones (excluding diaryl/α,β-unsaturated/α-hetero) is 1. The Morgan fingerprint density at radius 2 is 1.89 bits per heavy atom. The van der Waals surface area contributed by atoms with Gasteiger partial charge in [-0.3, -0.25) is 9.59 Å². The number of rotatable bonds is 2. The van der Waals surface area contributed by atoms with Crippen molar-refractivity contribution in [3.8, 4) is 0 Å². The molecule has 0 saturated carbocycles. The molecule has 1 aliphatic heterocycles. The summed E-state index contributed by atoms with van der Waals surface area (Å²) in [6, 6.07) is 13.2. The number of ketones is 1. The summed E-state index contributed by atoms with van der Waals surface area (Å²) in [7, 11) is 1.29. The average Bonchev–Trinajstić information content (AvgIpc) is 2.84. The quantitative estimate of drug-likeness (QED) is 0.608. The maximum Gasteiger partial charge on any atom is 0.316 e. The number of hydrogen-bond acceptors (Lipinski definition) is 5. The summed E-state index contributed by atoms with van der Waals surface area (Å²) in [5.74, 6) is -2.28. The molecule has 4 rings (SSSR count). The Bertz CT molecular complexity index is 985. The number of para-hydroxylation sites is 2. The van der Waals surface area contributed by atoms with Crippen LogP contribution >= 0.6 is 0 Å². The topological polar surface area (TPSA) is 67.4 Å². The second kappa shape index (κ2) is 7.11. The third-order valence-electron chi connectivity index (χ3n) is 5.41. The Labute approximate surface area is 162 Å². The molecule has 5 nitrogen and oxygen atoms in total. The standard InChI is InChI=1S/C22H21FN2O3/c1-12-10-17-19(21(26)18(12)22(27)28-2)20(13-6-5-7-14(23)11-13)25-16-9-4-3-8-15(16)24-17/h3-9,11-12,18,20,24-25H,10H2,1-2H3/t12-,18-,20+/m1/s1. The molecular weight excluding hydrogens is 359 g/mol. The van der Waals surface area contributed by atoms with E-state index in [9.17, 15) is 14.0 Å². The lowest BCUT2D eigenvalue weighted by molar-refractivity contribution is -0.151. The second-order valence-corrected chi connectivity index (χ2v) is 7.24. The number of ether oxygens (including phenoxy) is 1. The van der Waals surface area contributed by atoms with Gasteiger partial charge in [0, 0.05) is 11.3 Å². The van der Waals surface area contributed by atoms with Crippen LogP contribution < -0.4 is 10.6 Å². The van der Waals surface area contributed by atoms with Gasteiger partial charge in [0.2, 0.25) is 0 Å². The van der Waals surface area contributed by atoms with Gasteiger partial charge >= 0.3 is 5.97 Å². The normalized spacial score (nSPS) is 23.7. The van der Waals surface area contributed by atoms with Gasteiger partial charge in [-0.15, -0.1) is 0 Å². The SMILES string of the molecule is COC(=O)[C@H]1C(=O)C2=C(C[C@H]1C)Nc1ccccc1N[C@H]2c1cccc(F)c1. The molecule has 0 amide bonds. The van der Waals surface area contributed by atoms with Crippen LogP contribution in [0.5, 0.6) is 0 Å². The first kappa shape index (κ1) is 18.2. The molecule has 28 heavy (non-hydrogen) atoms. The van der Waals surface area contributed by atoms with Gasteiger partial charge in [0.15, 0.2) is 5.78 Å². The number of nitrogens with one attached hydrogen (secondary N) is 2. The fourth-order valence-corrected chi connectivity index (χ4v) is 4.07. The molecule has 0 aromatic heterocycles. The summed E-state index contributed by atoms with van der Waals surface area (Å²) in [4.78, 5) is 25.7. The van der Waals surface area contributed by atoms with E-state index in [1.807, 2.05) is 31.2 Å². The van der Waals surface area contributed by atoms with Crippen LogP contribution in [0, 0.1) is 17.7 Å². The van der Waals surface area contributed by atoms with Gasteiger partial charge in [0.25, 0.3) is 0 Å². The molecule has 1 aliphatic carbocycles. The van der Waals surface area contributed by atoms with E-state index >= 15 is 0 Å². The third-order valence-corrected chi connectivity index (χ3v) is 5.41. The van der Waals surface area contributed by atoms with Crippen molar-refractivity contribution in [3.05, 3.63) is 71.2 Å². The number of methoxy groups -OCH3 is 1. The number of esters is 1. The maximum absolute atomic E-state index is 13.9. The minimum Gasteiger partial charge on any atom is -0.468 e. The minimum atomic E-state index is -0.871. The van der Waals surface area contributed by atoms with E-state index in [1.54, 1.807) is 12.1 Å². The molecule has 2 aromatic carbocycles. The zero-order chi connectivity index (χ0) is 19.8. The Balaban J connectivity index is 1.88. The summed E-state index contributed by atoms with van der Waals surface area (Å²) in [5, 5.41) is 6.73. The van der Waals surface area contributed by atoms with Crippen LogP contribution in [0.4, 0.5) is 15.8 Å². The van der Waals surface area contributed by atoms with Crippen molar-refractivity contribution in [2.45, 2.75) is 19.4 Å². The van der Waals surface area contributed by atoms with Gasteiger partial charge in [0.1, 0.15) is 11.7 Å². The zero-order valence-corrected chi connectivity index (χ0v) is 15.7. The van der Waals surface area contributed by atoms with Gasteiger partial charge in [-0.25, -0.2) is 4.39 Å². The predicted molar refractivity (Wildman–Crippen MR) is 104 cm³/mol. The maximum atomic E-state index is 13.9. The lowest BCUT2D eigenvalue weighted by Crippen LogP contribution is -2.39. The number of anilines is 2. The van der Waals surface area contributed by atoms with Crippen LogP contribution in [0.1, 0.15) is 24.9 Å². The first-order valence-corrected chi connectivity index (χ1v) is 9.22. The van der Waals surface area contributed by atoms with Crippen LogP contribution in [0.2, 0.25) is 0 Å². The van der Waals surface area contributed by atoms with Crippen molar-refractivity contribution in [1.82, 2.24) is 0 Å². The highest BCUT2D eigenvalue weighted by Crippen LogP contribution is 2.43. The molecule has 0 saturated heterocycles. The molecule has 0 unspecified atom stereocenters. The number of halogens is 1. The molecule has 0 spiro atoms. The molecule has 2 aliphatic rings. The van der Waals surface area contributed by atoms with E-state index in [1.165, 1.54) is 19.2 Å². The first-order chi connectivity index (χ1) is 13.5. The van der Waals surface area contributed by atoms with E-state index in [4.69, 9.17) is 4.74 Å². The number of allylic oxidation sites excluding steroid dienone is 1. The summed E-state index contributed by atoms with van der Waals surface area (Å²) in [5.41, 5.74) is 3.48. The number of benzene rings is 2. The molecule has 1 heterocycles. The van der Waals surface area contributed by atoms with Crippen LogP contribution in [0.15, 0.2) is 59.8 Å². The summed E-state index contributed by atoms with van der Waals surface area (Å²) >= 11 is 0. The lowest BCUT2D eigenvalue weighted by atomic mass is 9.75. The summed E-state index contributed by atoms with van der Waals surface area (Å²) in [6.45, 7) is 1.87. The van der Waals surface area contributed by atoms with Crippen molar-refractivity contribution < 1.29 is 18.7 Å². The van der Waals surface area contributed by atoms with Gasteiger partial charge in [0.05, 0.1) is 24.5 Å². The highest BCUT2D eigenvalue weighted by atomic mass is 19.1. The Kier molecular flexibility index (Phi) is 4.63. The summed E-state index contributed by atoms with van der Waals surface area (Å²) < 4.78 is 18.8. The van der Waals surface area contributed by atoms with Crippen molar-refractivity contribution >= 4 is 23.1 Å². The van der Waals surface area contributed by atoms with Gasteiger partial charge in [-0.2, -0.15) is 0 Å². The molecule has 0 radical (unpaired) electrons. The van der Waals surface area contributed by atoms with Crippen LogP contribution in [-0.2, 0) is 14.3 Å². The summed E-state index contributed by atoms with van der Waals surface area (Å²) in [6.07, 6.45) is 0.517. The van der Waals surface area contributed by atoms with Crippen molar-refractivity contribution in [2.75, 3.05) is 17.7 Å². The Hall–Kier alpha value is -3.15. The van der Waals surface area contributed by atoms with Crippen molar-refractivity contribution in [1.29, 1.82) is 0 Å². The number of hydrogen-bond donors (Lipinski definition) is 2. The van der Waals surface area contributed by atoms with E-state index in [2.05, 4.69) is 10.6 Å². The Morgan fingerprint density at radius 1 is 1.14 bits per heavy atom. The molecule has 2 aromatic rings. The zero-order valence-electron chi connectivity index (χ0n) is 15.7. The minimum absolute atomic E-state index is 0.204. The lowest BCUT2D eigenvalue weighted by Gasteiger charge is -2.32. The van der Waals surface area contributed by atoms with E-state index in [0.717, 1.165) is 17.1 Å². The predicted octanol–water partition coefficient (Wildman–Crippen LogP) is 4.06. The fraction of sp³-hybridized carbons (Fsp3) is 0.273. The van der Waals surface area contributed by atoms with E-state index in [0.29, 0.717) is 17.6 Å². The number of carbonyl (C=O) groups is 2. The molecule has 2 N–H and O–H groups in total. The Morgan fingerprint density at radius 3 is 2.61 bits per heavy atom. The van der Waals surface area contributed by atoms with Crippen LogP contribution in [-0.4, -0.2) is 18.9 Å². The van der Waals surface area contributed by atoms with Crippen LogP contribution in [0.25, 0.3) is 0 Å². The first-order valence-electron chi connectivity index (χ1n) is 9.22. The van der Waals surface area contributed by atoms with Gasteiger partial charge < -0.3 is 15.4 Å².